The summed E-state index contributed by atoms with van der Waals surface area (Å²) in [7, 11) is 0. The van der Waals surface area contributed by atoms with Gasteiger partial charge in [-0.15, -0.1) is 0 Å². The number of carbonyl (C=O) groups excluding carboxylic acids is 1. The number of rotatable bonds is 3. The van der Waals surface area contributed by atoms with Crippen molar-refractivity contribution in [2.24, 2.45) is 5.41 Å². The molecule has 0 bridgehead atoms. The Labute approximate surface area is 97.1 Å². The van der Waals surface area contributed by atoms with Crippen molar-refractivity contribution >= 4 is 5.91 Å². The van der Waals surface area contributed by atoms with E-state index in [-0.39, 0.29) is 16.9 Å². The summed E-state index contributed by atoms with van der Waals surface area (Å²) in [5, 5.41) is 6.28. The molecule has 2 unspecified atom stereocenters. The third-order valence-corrected chi connectivity index (χ3v) is 3.84. The fourth-order valence-corrected chi connectivity index (χ4v) is 2.47. The zero-order valence-electron chi connectivity index (χ0n) is 10.3. The topological polar surface area (TPSA) is 50.4 Å². The lowest BCUT2D eigenvalue weighted by molar-refractivity contribution is -0.130. The van der Waals surface area contributed by atoms with Crippen molar-refractivity contribution in [3.63, 3.8) is 0 Å². The SMILES string of the molecule is CC1(CNC(=O)C2(C)CCNC2)CCCO1. The zero-order valence-corrected chi connectivity index (χ0v) is 10.3. The summed E-state index contributed by atoms with van der Waals surface area (Å²) < 4.78 is 5.66. The van der Waals surface area contributed by atoms with Gasteiger partial charge in [-0.2, -0.15) is 0 Å². The molecule has 4 nitrogen and oxygen atoms in total. The third-order valence-electron chi connectivity index (χ3n) is 3.84. The van der Waals surface area contributed by atoms with E-state index in [1.54, 1.807) is 0 Å². The minimum absolute atomic E-state index is 0.141. The minimum atomic E-state index is -0.227. The van der Waals surface area contributed by atoms with Crippen molar-refractivity contribution in [2.75, 3.05) is 26.2 Å². The number of carbonyl (C=O) groups is 1. The van der Waals surface area contributed by atoms with Crippen molar-refractivity contribution in [2.45, 2.75) is 38.7 Å². The van der Waals surface area contributed by atoms with Crippen LogP contribution in [0.5, 0.6) is 0 Å². The van der Waals surface area contributed by atoms with E-state index in [1.165, 1.54) is 0 Å². The first-order valence-corrected chi connectivity index (χ1v) is 6.17. The Hall–Kier alpha value is -0.610. The first-order chi connectivity index (χ1) is 7.54. The van der Waals surface area contributed by atoms with Gasteiger partial charge in [-0.05, 0) is 39.7 Å². The number of hydrogen-bond donors (Lipinski definition) is 2. The average molecular weight is 226 g/mol. The van der Waals surface area contributed by atoms with Crippen molar-refractivity contribution in [3.8, 4) is 0 Å². The van der Waals surface area contributed by atoms with Crippen LogP contribution in [0.3, 0.4) is 0 Å². The van der Waals surface area contributed by atoms with Gasteiger partial charge in [-0.25, -0.2) is 0 Å². The fraction of sp³-hybridized carbons (Fsp3) is 0.917. The van der Waals surface area contributed by atoms with Crippen LogP contribution in [0.1, 0.15) is 33.1 Å². The molecule has 0 radical (unpaired) electrons. The van der Waals surface area contributed by atoms with Crippen LogP contribution < -0.4 is 10.6 Å². The molecule has 2 heterocycles. The Morgan fingerprint density at radius 3 is 2.81 bits per heavy atom. The Kier molecular flexibility index (Phi) is 3.22. The predicted octanol–water partition coefficient (Wildman–Crippen LogP) is 0.671. The average Bonchev–Trinajstić information content (AvgIpc) is 2.86. The molecule has 2 rings (SSSR count). The first kappa shape index (κ1) is 11.9. The molecule has 2 saturated heterocycles. The highest BCUT2D eigenvalue weighted by atomic mass is 16.5. The van der Waals surface area contributed by atoms with Gasteiger partial charge in [0.05, 0.1) is 11.0 Å². The molecule has 2 aliphatic heterocycles. The van der Waals surface area contributed by atoms with Crippen LogP contribution >= 0.6 is 0 Å². The van der Waals surface area contributed by atoms with Crippen LogP contribution in [-0.2, 0) is 9.53 Å². The summed E-state index contributed by atoms with van der Waals surface area (Å²) in [6, 6.07) is 0. The van der Waals surface area contributed by atoms with Crippen molar-refractivity contribution < 1.29 is 9.53 Å². The van der Waals surface area contributed by atoms with Gasteiger partial charge < -0.3 is 15.4 Å². The molecule has 0 aromatic rings. The fourth-order valence-electron chi connectivity index (χ4n) is 2.47. The summed E-state index contributed by atoms with van der Waals surface area (Å²) in [6.07, 6.45) is 3.07. The second kappa shape index (κ2) is 4.34. The molecule has 92 valence electrons. The van der Waals surface area contributed by atoms with E-state index >= 15 is 0 Å². The number of hydrogen-bond acceptors (Lipinski definition) is 3. The first-order valence-electron chi connectivity index (χ1n) is 6.17. The lowest BCUT2D eigenvalue weighted by atomic mass is 9.88. The van der Waals surface area contributed by atoms with Crippen LogP contribution in [0.15, 0.2) is 0 Å². The maximum atomic E-state index is 12.1. The second-order valence-corrected chi connectivity index (χ2v) is 5.57. The Bertz CT molecular complexity index is 266. The Morgan fingerprint density at radius 2 is 2.25 bits per heavy atom. The minimum Gasteiger partial charge on any atom is -0.373 e. The third kappa shape index (κ3) is 2.38. The van der Waals surface area contributed by atoms with E-state index in [0.29, 0.717) is 6.54 Å². The summed E-state index contributed by atoms with van der Waals surface area (Å²) in [4.78, 5) is 12.1. The Balaban J connectivity index is 1.83. The van der Waals surface area contributed by atoms with Crippen molar-refractivity contribution in [1.82, 2.24) is 10.6 Å². The quantitative estimate of drug-likeness (QED) is 0.743. The summed E-state index contributed by atoms with van der Waals surface area (Å²) >= 11 is 0. The van der Waals surface area contributed by atoms with Crippen molar-refractivity contribution in [1.29, 1.82) is 0 Å². The van der Waals surface area contributed by atoms with E-state index in [2.05, 4.69) is 17.6 Å². The molecule has 2 N–H and O–H groups in total. The molecule has 0 aromatic carbocycles. The lowest BCUT2D eigenvalue weighted by Crippen LogP contribution is -2.46. The second-order valence-electron chi connectivity index (χ2n) is 5.57. The molecule has 0 aliphatic carbocycles. The van der Waals surface area contributed by atoms with Gasteiger partial charge in [0.25, 0.3) is 0 Å². The molecule has 2 fully saturated rings. The van der Waals surface area contributed by atoms with Gasteiger partial charge >= 0.3 is 0 Å². The molecule has 0 aromatic heterocycles. The number of ether oxygens (including phenoxy) is 1. The zero-order chi connectivity index (χ0) is 11.6. The van der Waals surface area contributed by atoms with E-state index in [4.69, 9.17) is 4.74 Å². The van der Waals surface area contributed by atoms with Crippen LogP contribution in [-0.4, -0.2) is 37.7 Å². The summed E-state index contributed by atoms with van der Waals surface area (Å²) in [5.74, 6) is 0.161. The monoisotopic (exact) mass is 226 g/mol. The molecule has 0 saturated carbocycles. The van der Waals surface area contributed by atoms with Gasteiger partial charge in [-0.3, -0.25) is 4.79 Å². The smallest absolute Gasteiger partial charge is 0.227 e. The maximum Gasteiger partial charge on any atom is 0.227 e. The molecule has 16 heavy (non-hydrogen) atoms. The standard InChI is InChI=1S/C12H22N2O2/c1-11(5-6-13-8-11)10(15)14-9-12(2)4-3-7-16-12/h13H,3-9H2,1-2H3,(H,14,15). The molecular formula is C12H22N2O2. The number of amides is 1. The van der Waals surface area contributed by atoms with Gasteiger partial charge in [0.1, 0.15) is 0 Å². The molecule has 2 atom stereocenters. The highest BCUT2D eigenvalue weighted by Gasteiger charge is 2.38. The van der Waals surface area contributed by atoms with Crippen molar-refractivity contribution in [3.05, 3.63) is 0 Å². The lowest BCUT2D eigenvalue weighted by Gasteiger charge is -2.27. The van der Waals surface area contributed by atoms with Gasteiger partial charge in [-0.1, -0.05) is 0 Å². The van der Waals surface area contributed by atoms with E-state index in [1.807, 2.05) is 6.92 Å². The highest BCUT2D eigenvalue weighted by Crippen LogP contribution is 2.27. The maximum absolute atomic E-state index is 12.1. The van der Waals surface area contributed by atoms with E-state index in [9.17, 15) is 4.79 Å². The van der Waals surface area contributed by atoms with Crippen LogP contribution in [0.2, 0.25) is 0 Å². The number of nitrogens with one attached hydrogen (secondary N) is 2. The highest BCUT2D eigenvalue weighted by molar-refractivity contribution is 5.82. The molecule has 1 amide bonds. The summed E-state index contributed by atoms with van der Waals surface area (Å²) in [6.45, 7) is 7.30. The van der Waals surface area contributed by atoms with Crippen LogP contribution in [0.4, 0.5) is 0 Å². The van der Waals surface area contributed by atoms with Crippen LogP contribution in [0, 0.1) is 5.41 Å². The molecule has 2 aliphatic rings. The molecular weight excluding hydrogens is 204 g/mol. The van der Waals surface area contributed by atoms with E-state index < -0.39 is 0 Å². The van der Waals surface area contributed by atoms with Crippen LogP contribution in [0.25, 0.3) is 0 Å². The molecule has 0 spiro atoms. The molecule has 4 heteroatoms. The van der Waals surface area contributed by atoms with E-state index in [0.717, 1.165) is 39.0 Å². The van der Waals surface area contributed by atoms with Gasteiger partial charge in [0, 0.05) is 19.7 Å². The predicted molar refractivity (Wildman–Crippen MR) is 62.2 cm³/mol. The largest absolute Gasteiger partial charge is 0.373 e. The normalized spacial score (nSPS) is 38.9. The Morgan fingerprint density at radius 1 is 1.44 bits per heavy atom. The summed E-state index contributed by atoms with van der Waals surface area (Å²) in [5.41, 5.74) is -0.368. The van der Waals surface area contributed by atoms with Gasteiger partial charge in [0.15, 0.2) is 0 Å². The van der Waals surface area contributed by atoms with Gasteiger partial charge in [0.2, 0.25) is 5.91 Å².